The zero-order valence-corrected chi connectivity index (χ0v) is 14.8. The van der Waals surface area contributed by atoms with Gasteiger partial charge < -0.3 is 14.7 Å². The second-order valence-corrected chi connectivity index (χ2v) is 6.90. The monoisotopic (exact) mass is 344 g/mol. The molecule has 1 amide bonds. The van der Waals surface area contributed by atoms with Crippen molar-refractivity contribution in [1.82, 2.24) is 19.9 Å². The van der Waals surface area contributed by atoms with Gasteiger partial charge in [0, 0.05) is 18.7 Å². The number of aromatic nitrogens is 3. The van der Waals surface area contributed by atoms with Gasteiger partial charge in [-0.1, -0.05) is 25.1 Å². The van der Waals surface area contributed by atoms with E-state index in [0.717, 1.165) is 5.75 Å². The molecule has 1 N–H and O–H groups in total. The van der Waals surface area contributed by atoms with E-state index >= 15 is 0 Å². The molecule has 7 nitrogen and oxygen atoms in total. The van der Waals surface area contributed by atoms with Crippen LogP contribution < -0.4 is 4.74 Å². The number of ether oxygens (including phenoxy) is 1. The molecular formula is C18H24N4O3. The number of aliphatic hydroxyl groups excluding tert-OH is 1. The van der Waals surface area contributed by atoms with E-state index in [1.165, 1.54) is 0 Å². The molecule has 7 heteroatoms. The van der Waals surface area contributed by atoms with E-state index in [1.54, 1.807) is 34.8 Å². The number of rotatable bonds is 6. The van der Waals surface area contributed by atoms with Gasteiger partial charge in [-0.15, -0.1) is 5.10 Å². The standard InChI is InChI=1S/C18H24N4O3/c1-12(2)11-25-16-6-4-5-14(7-16)18(24)21-8-15(9-21)22-10-17(13(3)23)19-20-22/h4-7,10,12-13,15,23H,8-9,11H2,1-3H3/t13-/m0/s1. The van der Waals surface area contributed by atoms with Crippen molar-refractivity contribution < 1.29 is 14.6 Å². The molecule has 2 heterocycles. The second-order valence-electron chi connectivity index (χ2n) is 6.90. The summed E-state index contributed by atoms with van der Waals surface area (Å²) in [6.45, 7) is 7.61. The highest BCUT2D eigenvalue weighted by atomic mass is 16.5. The summed E-state index contributed by atoms with van der Waals surface area (Å²) in [5, 5.41) is 17.5. The summed E-state index contributed by atoms with van der Waals surface area (Å²) in [7, 11) is 0. The van der Waals surface area contributed by atoms with E-state index < -0.39 is 6.10 Å². The Balaban J connectivity index is 1.59. The van der Waals surface area contributed by atoms with Crippen molar-refractivity contribution >= 4 is 5.91 Å². The summed E-state index contributed by atoms with van der Waals surface area (Å²) < 4.78 is 7.40. The molecule has 1 atom stereocenters. The van der Waals surface area contributed by atoms with Crippen molar-refractivity contribution in [1.29, 1.82) is 0 Å². The Morgan fingerprint density at radius 1 is 1.36 bits per heavy atom. The van der Waals surface area contributed by atoms with Crippen LogP contribution in [-0.4, -0.2) is 50.6 Å². The van der Waals surface area contributed by atoms with Gasteiger partial charge in [0.2, 0.25) is 0 Å². The van der Waals surface area contributed by atoms with Crippen molar-refractivity contribution in [2.75, 3.05) is 19.7 Å². The van der Waals surface area contributed by atoms with Crippen LogP contribution in [0.4, 0.5) is 0 Å². The van der Waals surface area contributed by atoms with Gasteiger partial charge in [-0.2, -0.15) is 0 Å². The Kier molecular flexibility index (Phi) is 5.03. The number of hydrogen-bond donors (Lipinski definition) is 1. The van der Waals surface area contributed by atoms with Gasteiger partial charge in [0.25, 0.3) is 5.91 Å². The molecule has 1 saturated heterocycles. The fourth-order valence-electron chi connectivity index (χ4n) is 2.61. The molecule has 0 unspecified atom stereocenters. The van der Waals surface area contributed by atoms with Crippen LogP contribution in [0, 0.1) is 5.92 Å². The first-order chi connectivity index (χ1) is 11.9. The Labute approximate surface area is 147 Å². The zero-order valence-electron chi connectivity index (χ0n) is 14.8. The summed E-state index contributed by atoms with van der Waals surface area (Å²) in [4.78, 5) is 14.4. The quantitative estimate of drug-likeness (QED) is 0.868. The molecular weight excluding hydrogens is 320 g/mol. The van der Waals surface area contributed by atoms with E-state index in [-0.39, 0.29) is 11.9 Å². The predicted molar refractivity (Wildman–Crippen MR) is 92.4 cm³/mol. The first-order valence-electron chi connectivity index (χ1n) is 8.56. The lowest BCUT2D eigenvalue weighted by atomic mass is 10.1. The third kappa shape index (κ3) is 3.99. The molecule has 1 aromatic carbocycles. The molecule has 1 aromatic heterocycles. The van der Waals surface area contributed by atoms with Crippen LogP contribution in [0.15, 0.2) is 30.5 Å². The first-order valence-corrected chi connectivity index (χ1v) is 8.56. The van der Waals surface area contributed by atoms with Crippen molar-refractivity contribution in [2.45, 2.75) is 32.9 Å². The maximum absolute atomic E-state index is 12.6. The number of likely N-dealkylation sites (tertiary alicyclic amines) is 1. The maximum atomic E-state index is 12.6. The van der Waals surface area contributed by atoms with Gasteiger partial charge in [-0.3, -0.25) is 4.79 Å². The van der Waals surface area contributed by atoms with Crippen molar-refractivity contribution in [2.24, 2.45) is 5.92 Å². The first kappa shape index (κ1) is 17.4. The minimum absolute atomic E-state index is 0.0119. The fourth-order valence-corrected chi connectivity index (χ4v) is 2.61. The topological polar surface area (TPSA) is 80.5 Å². The van der Waals surface area contributed by atoms with E-state index in [1.807, 2.05) is 12.1 Å². The number of carbonyl (C=O) groups is 1. The number of benzene rings is 1. The van der Waals surface area contributed by atoms with Crippen LogP contribution in [-0.2, 0) is 0 Å². The van der Waals surface area contributed by atoms with E-state index in [9.17, 15) is 9.90 Å². The lowest BCUT2D eigenvalue weighted by molar-refractivity contribution is 0.0497. The Bertz CT molecular complexity index is 735. The van der Waals surface area contributed by atoms with Crippen LogP contribution in [0.1, 0.15) is 49.0 Å². The van der Waals surface area contributed by atoms with Crippen molar-refractivity contribution in [3.63, 3.8) is 0 Å². The van der Waals surface area contributed by atoms with Crippen LogP contribution in [0.25, 0.3) is 0 Å². The summed E-state index contributed by atoms with van der Waals surface area (Å²) in [6, 6.07) is 7.40. The Morgan fingerprint density at radius 3 is 2.76 bits per heavy atom. The highest BCUT2D eigenvalue weighted by molar-refractivity contribution is 5.95. The molecule has 0 bridgehead atoms. The second kappa shape index (κ2) is 7.23. The lowest BCUT2D eigenvalue weighted by Gasteiger charge is -2.38. The Morgan fingerprint density at radius 2 is 2.12 bits per heavy atom. The minimum Gasteiger partial charge on any atom is -0.493 e. The van der Waals surface area contributed by atoms with Gasteiger partial charge in [0.05, 0.1) is 24.9 Å². The largest absolute Gasteiger partial charge is 0.493 e. The molecule has 134 valence electrons. The van der Waals surface area contributed by atoms with Crippen molar-refractivity contribution in [3.8, 4) is 5.75 Å². The molecule has 3 rings (SSSR count). The number of hydrogen-bond acceptors (Lipinski definition) is 5. The fraction of sp³-hybridized carbons (Fsp3) is 0.500. The highest BCUT2D eigenvalue weighted by Crippen LogP contribution is 2.24. The minimum atomic E-state index is -0.639. The molecule has 0 aliphatic carbocycles. The highest BCUT2D eigenvalue weighted by Gasteiger charge is 2.33. The molecule has 1 aliphatic rings. The number of aliphatic hydroxyl groups is 1. The zero-order chi connectivity index (χ0) is 18.0. The third-order valence-electron chi connectivity index (χ3n) is 4.14. The van der Waals surface area contributed by atoms with Crippen LogP contribution >= 0.6 is 0 Å². The van der Waals surface area contributed by atoms with Gasteiger partial charge in [-0.05, 0) is 31.0 Å². The molecule has 0 radical (unpaired) electrons. The molecule has 0 spiro atoms. The van der Waals surface area contributed by atoms with Crippen LogP contribution in [0.2, 0.25) is 0 Å². The van der Waals surface area contributed by atoms with E-state index in [4.69, 9.17) is 4.74 Å². The maximum Gasteiger partial charge on any atom is 0.254 e. The molecule has 1 fully saturated rings. The van der Waals surface area contributed by atoms with E-state index in [2.05, 4.69) is 24.2 Å². The molecule has 0 saturated carbocycles. The van der Waals surface area contributed by atoms with Gasteiger partial charge >= 0.3 is 0 Å². The van der Waals surface area contributed by atoms with Gasteiger partial charge in [-0.25, -0.2) is 4.68 Å². The summed E-state index contributed by atoms with van der Waals surface area (Å²) in [5.41, 5.74) is 1.17. The van der Waals surface area contributed by atoms with Crippen molar-refractivity contribution in [3.05, 3.63) is 41.7 Å². The van der Waals surface area contributed by atoms with Gasteiger partial charge in [0.15, 0.2) is 0 Å². The summed E-state index contributed by atoms with van der Waals surface area (Å²) in [6.07, 6.45) is 1.09. The average Bonchev–Trinajstić information content (AvgIpc) is 3.01. The van der Waals surface area contributed by atoms with Gasteiger partial charge in [0.1, 0.15) is 11.4 Å². The number of carbonyl (C=O) groups excluding carboxylic acids is 1. The Hall–Kier alpha value is -2.41. The van der Waals surface area contributed by atoms with Crippen LogP contribution in [0.5, 0.6) is 5.75 Å². The SMILES string of the molecule is CC(C)COc1cccc(C(=O)N2CC(n3cc([C@H](C)O)nn3)C2)c1. The number of amides is 1. The molecule has 1 aliphatic heterocycles. The molecule has 2 aromatic rings. The predicted octanol–water partition coefficient (Wildman–Crippen LogP) is 2.06. The van der Waals surface area contributed by atoms with E-state index in [0.29, 0.717) is 36.9 Å². The van der Waals surface area contributed by atoms with Crippen LogP contribution in [0.3, 0.4) is 0 Å². The summed E-state index contributed by atoms with van der Waals surface area (Å²) >= 11 is 0. The average molecular weight is 344 g/mol. The number of nitrogens with zero attached hydrogens (tertiary/aromatic N) is 4. The smallest absolute Gasteiger partial charge is 0.254 e. The normalized spacial score (nSPS) is 16.0. The lowest BCUT2D eigenvalue weighted by Crippen LogP contribution is -2.50. The third-order valence-corrected chi connectivity index (χ3v) is 4.14. The summed E-state index contributed by atoms with van der Waals surface area (Å²) in [5.74, 6) is 1.14. The molecule has 25 heavy (non-hydrogen) atoms.